The summed E-state index contributed by atoms with van der Waals surface area (Å²) in [7, 11) is 0. The molecule has 0 saturated heterocycles. The summed E-state index contributed by atoms with van der Waals surface area (Å²) in [6.45, 7) is 0. The number of benzene rings is 2. The van der Waals surface area contributed by atoms with Crippen molar-refractivity contribution in [3.8, 4) is 0 Å². The van der Waals surface area contributed by atoms with E-state index in [2.05, 4.69) is 5.32 Å². The zero-order chi connectivity index (χ0) is 11.1. The molecule has 3 heteroatoms. The topological polar surface area (TPSA) is 64.1 Å². The van der Waals surface area contributed by atoms with Crippen LogP contribution in [0.2, 0.25) is 0 Å². The van der Waals surface area contributed by atoms with Gasteiger partial charge in [-0.2, -0.15) is 0 Å². The van der Waals surface area contributed by atoms with Crippen molar-refractivity contribution < 1.29 is 0 Å². The molecule has 3 rings (SSSR count). The van der Waals surface area contributed by atoms with Crippen molar-refractivity contribution in [3.63, 3.8) is 0 Å². The van der Waals surface area contributed by atoms with Crippen molar-refractivity contribution in [2.24, 2.45) is 0 Å². The third-order valence-corrected chi connectivity index (χ3v) is 2.98. The van der Waals surface area contributed by atoms with Crippen LogP contribution in [0.25, 0.3) is 0 Å². The van der Waals surface area contributed by atoms with Gasteiger partial charge in [0.25, 0.3) is 0 Å². The largest absolute Gasteiger partial charge is 0.399 e. The Morgan fingerprint density at radius 1 is 1.00 bits per heavy atom. The van der Waals surface area contributed by atoms with Crippen LogP contribution in [0.3, 0.4) is 0 Å². The Bertz CT molecular complexity index is 561. The molecule has 0 atom stereocenters. The van der Waals surface area contributed by atoms with E-state index >= 15 is 0 Å². The lowest BCUT2D eigenvalue weighted by Gasteiger charge is -2.22. The van der Waals surface area contributed by atoms with E-state index in [1.165, 1.54) is 5.56 Å². The van der Waals surface area contributed by atoms with Crippen LogP contribution >= 0.6 is 0 Å². The first kappa shape index (κ1) is 9.09. The first-order valence-electron chi connectivity index (χ1n) is 5.27. The van der Waals surface area contributed by atoms with Crippen molar-refractivity contribution in [3.05, 3.63) is 47.5 Å². The van der Waals surface area contributed by atoms with Gasteiger partial charge in [-0.3, -0.25) is 0 Å². The molecule has 0 aromatic heterocycles. The molecule has 0 unspecified atom stereocenters. The van der Waals surface area contributed by atoms with E-state index < -0.39 is 0 Å². The Labute approximate surface area is 94.1 Å². The molecule has 0 radical (unpaired) electrons. The molecule has 2 aromatic rings. The normalized spacial score (nSPS) is 12.5. The number of nitrogens with one attached hydrogen (secondary N) is 1. The summed E-state index contributed by atoms with van der Waals surface area (Å²) in [5, 5.41) is 3.37. The lowest BCUT2D eigenvalue weighted by atomic mass is 9.96. The summed E-state index contributed by atoms with van der Waals surface area (Å²) in [4.78, 5) is 0. The number of rotatable bonds is 0. The molecule has 0 amide bonds. The van der Waals surface area contributed by atoms with Crippen LogP contribution in [0, 0.1) is 0 Å². The maximum atomic E-state index is 5.97. The predicted molar refractivity (Wildman–Crippen MR) is 67.8 cm³/mol. The quantitative estimate of drug-likeness (QED) is 0.500. The summed E-state index contributed by atoms with van der Waals surface area (Å²) in [5.41, 5.74) is 17.9. The van der Waals surface area contributed by atoms with Gasteiger partial charge in [-0.1, -0.05) is 6.07 Å². The summed E-state index contributed by atoms with van der Waals surface area (Å²) >= 11 is 0. The number of hydrogen-bond acceptors (Lipinski definition) is 3. The van der Waals surface area contributed by atoms with E-state index in [0.717, 1.165) is 34.7 Å². The number of nitrogen functional groups attached to an aromatic ring is 2. The fourth-order valence-corrected chi connectivity index (χ4v) is 2.14. The van der Waals surface area contributed by atoms with Gasteiger partial charge in [0.2, 0.25) is 0 Å². The molecule has 0 fully saturated rings. The summed E-state index contributed by atoms with van der Waals surface area (Å²) in [5.74, 6) is 0. The third kappa shape index (κ3) is 1.29. The fraction of sp³-hybridized carbons (Fsp3) is 0.0769. The molecule has 0 bridgehead atoms. The molecule has 2 aromatic carbocycles. The highest BCUT2D eigenvalue weighted by Crippen LogP contribution is 2.36. The van der Waals surface area contributed by atoms with Gasteiger partial charge in [-0.05, 0) is 35.9 Å². The first-order valence-corrected chi connectivity index (χ1v) is 5.27. The summed E-state index contributed by atoms with van der Waals surface area (Å²) in [6.07, 6.45) is 0.843. The van der Waals surface area contributed by atoms with Crippen molar-refractivity contribution in [1.29, 1.82) is 0 Å². The molecule has 0 saturated carbocycles. The minimum absolute atomic E-state index is 0.790. The molecule has 1 aliphatic heterocycles. The molecule has 5 N–H and O–H groups in total. The predicted octanol–water partition coefficient (Wildman–Crippen LogP) is 2.50. The van der Waals surface area contributed by atoms with Gasteiger partial charge in [0, 0.05) is 34.7 Å². The minimum atomic E-state index is 0.790. The standard InChI is InChI=1S/C13H13N3/c14-9-4-5-12-8(6-9)7-10-11(15)2-1-3-13(10)16-12/h1-6,16H,7,14-15H2. The second-order valence-electron chi connectivity index (χ2n) is 4.09. The Kier molecular flexibility index (Phi) is 1.80. The third-order valence-electron chi connectivity index (χ3n) is 2.98. The number of nitrogens with two attached hydrogens (primary N) is 2. The van der Waals surface area contributed by atoms with Gasteiger partial charge in [0.1, 0.15) is 0 Å². The lowest BCUT2D eigenvalue weighted by Crippen LogP contribution is -2.09. The van der Waals surface area contributed by atoms with E-state index in [-0.39, 0.29) is 0 Å². The van der Waals surface area contributed by atoms with Crippen molar-refractivity contribution in [2.45, 2.75) is 6.42 Å². The van der Waals surface area contributed by atoms with Crippen LogP contribution in [0.1, 0.15) is 11.1 Å². The van der Waals surface area contributed by atoms with Crippen LogP contribution < -0.4 is 16.8 Å². The Balaban J connectivity index is 2.13. The van der Waals surface area contributed by atoms with E-state index in [1.807, 2.05) is 36.4 Å². The van der Waals surface area contributed by atoms with E-state index in [9.17, 15) is 0 Å². The molecular formula is C13H13N3. The molecule has 16 heavy (non-hydrogen) atoms. The average Bonchev–Trinajstić information content (AvgIpc) is 2.28. The van der Waals surface area contributed by atoms with E-state index in [4.69, 9.17) is 11.5 Å². The van der Waals surface area contributed by atoms with Gasteiger partial charge in [0.05, 0.1) is 0 Å². The Morgan fingerprint density at radius 3 is 2.75 bits per heavy atom. The maximum Gasteiger partial charge on any atom is 0.0441 e. The molecule has 0 aliphatic carbocycles. The zero-order valence-corrected chi connectivity index (χ0v) is 8.83. The van der Waals surface area contributed by atoms with Gasteiger partial charge in [-0.15, -0.1) is 0 Å². The Hall–Kier alpha value is -2.16. The van der Waals surface area contributed by atoms with Crippen molar-refractivity contribution >= 4 is 22.7 Å². The van der Waals surface area contributed by atoms with Gasteiger partial charge >= 0.3 is 0 Å². The number of fused-ring (bicyclic) bond motifs is 2. The summed E-state index contributed by atoms with van der Waals surface area (Å²) in [6, 6.07) is 11.9. The lowest BCUT2D eigenvalue weighted by molar-refractivity contribution is 1.16. The van der Waals surface area contributed by atoms with Gasteiger partial charge in [0.15, 0.2) is 0 Å². The minimum Gasteiger partial charge on any atom is -0.399 e. The van der Waals surface area contributed by atoms with Crippen LogP contribution in [0.5, 0.6) is 0 Å². The molecule has 0 spiro atoms. The summed E-state index contributed by atoms with van der Waals surface area (Å²) < 4.78 is 0. The average molecular weight is 211 g/mol. The molecule has 80 valence electrons. The first-order chi connectivity index (χ1) is 7.74. The van der Waals surface area contributed by atoms with Crippen molar-refractivity contribution in [2.75, 3.05) is 16.8 Å². The van der Waals surface area contributed by atoms with E-state index in [1.54, 1.807) is 0 Å². The molecule has 1 aliphatic rings. The van der Waals surface area contributed by atoms with Crippen LogP contribution in [-0.2, 0) is 6.42 Å². The van der Waals surface area contributed by atoms with E-state index in [0.29, 0.717) is 0 Å². The highest BCUT2D eigenvalue weighted by Gasteiger charge is 2.16. The second-order valence-corrected chi connectivity index (χ2v) is 4.09. The van der Waals surface area contributed by atoms with Gasteiger partial charge in [-0.25, -0.2) is 0 Å². The van der Waals surface area contributed by atoms with Gasteiger partial charge < -0.3 is 16.8 Å². The molecule has 3 nitrogen and oxygen atoms in total. The monoisotopic (exact) mass is 211 g/mol. The van der Waals surface area contributed by atoms with Crippen LogP contribution in [0.4, 0.5) is 22.7 Å². The van der Waals surface area contributed by atoms with Crippen LogP contribution in [0.15, 0.2) is 36.4 Å². The highest BCUT2D eigenvalue weighted by molar-refractivity contribution is 5.77. The van der Waals surface area contributed by atoms with Crippen LogP contribution in [-0.4, -0.2) is 0 Å². The Morgan fingerprint density at radius 2 is 1.88 bits per heavy atom. The number of hydrogen-bond donors (Lipinski definition) is 3. The zero-order valence-electron chi connectivity index (χ0n) is 8.83. The maximum absolute atomic E-state index is 5.97. The SMILES string of the molecule is Nc1ccc2c(c1)Cc1c(N)cccc1N2. The number of anilines is 4. The smallest absolute Gasteiger partial charge is 0.0441 e. The van der Waals surface area contributed by atoms with Crippen molar-refractivity contribution in [1.82, 2.24) is 0 Å². The molecule has 1 heterocycles. The molecular weight excluding hydrogens is 198 g/mol. The highest BCUT2D eigenvalue weighted by atomic mass is 14.9. The fourth-order valence-electron chi connectivity index (χ4n) is 2.14. The second kappa shape index (κ2) is 3.17.